The SMILES string of the molecule is CN1CN(C2CCCC2)c2nc(Nc3ccc(C(=O)c4ccccc4)cc3)ncc21. The van der Waals surface area contributed by atoms with Crippen LogP contribution in [0.1, 0.15) is 41.6 Å². The van der Waals surface area contributed by atoms with Crippen LogP contribution in [0.25, 0.3) is 0 Å². The van der Waals surface area contributed by atoms with Crippen molar-refractivity contribution < 1.29 is 4.79 Å². The number of carbonyl (C=O) groups excluding carboxylic acids is 1. The van der Waals surface area contributed by atoms with Gasteiger partial charge in [-0.15, -0.1) is 0 Å². The van der Waals surface area contributed by atoms with Gasteiger partial charge in [0.25, 0.3) is 0 Å². The molecule has 30 heavy (non-hydrogen) atoms. The normalized spacial score (nSPS) is 16.0. The zero-order chi connectivity index (χ0) is 20.5. The number of aromatic nitrogens is 2. The molecule has 1 saturated carbocycles. The Morgan fingerprint density at radius 2 is 1.70 bits per heavy atom. The monoisotopic (exact) mass is 399 g/mol. The van der Waals surface area contributed by atoms with Crippen molar-refractivity contribution in [3.8, 4) is 0 Å². The van der Waals surface area contributed by atoms with Crippen molar-refractivity contribution in [1.29, 1.82) is 0 Å². The lowest BCUT2D eigenvalue weighted by Gasteiger charge is -2.25. The van der Waals surface area contributed by atoms with Gasteiger partial charge in [0.15, 0.2) is 11.6 Å². The highest BCUT2D eigenvalue weighted by molar-refractivity contribution is 6.09. The predicted octanol–water partition coefficient (Wildman–Crippen LogP) is 4.61. The summed E-state index contributed by atoms with van der Waals surface area (Å²) in [7, 11) is 2.09. The molecule has 1 aliphatic heterocycles. The van der Waals surface area contributed by atoms with E-state index >= 15 is 0 Å². The summed E-state index contributed by atoms with van der Waals surface area (Å²) >= 11 is 0. The first-order valence-electron chi connectivity index (χ1n) is 10.5. The first-order chi connectivity index (χ1) is 14.7. The largest absolute Gasteiger partial charge is 0.353 e. The van der Waals surface area contributed by atoms with Crippen LogP contribution >= 0.6 is 0 Å². The number of hydrogen-bond donors (Lipinski definition) is 1. The molecule has 1 fully saturated rings. The van der Waals surface area contributed by atoms with E-state index in [2.05, 4.69) is 27.1 Å². The fourth-order valence-corrected chi connectivity index (χ4v) is 4.37. The number of hydrogen-bond acceptors (Lipinski definition) is 6. The molecule has 3 aromatic rings. The van der Waals surface area contributed by atoms with Gasteiger partial charge in [0, 0.05) is 29.9 Å². The predicted molar refractivity (Wildman–Crippen MR) is 120 cm³/mol. The summed E-state index contributed by atoms with van der Waals surface area (Å²) in [5.74, 6) is 1.61. The molecule has 6 heteroatoms. The van der Waals surface area contributed by atoms with Gasteiger partial charge in [0.1, 0.15) is 0 Å². The first-order valence-corrected chi connectivity index (χ1v) is 10.5. The average Bonchev–Trinajstić information content (AvgIpc) is 3.43. The van der Waals surface area contributed by atoms with E-state index in [0.717, 1.165) is 23.9 Å². The molecule has 0 amide bonds. The van der Waals surface area contributed by atoms with Crippen LogP contribution in [0.3, 0.4) is 0 Å². The van der Waals surface area contributed by atoms with Crippen molar-refractivity contribution in [3.63, 3.8) is 0 Å². The van der Waals surface area contributed by atoms with Crippen LogP contribution in [-0.2, 0) is 0 Å². The summed E-state index contributed by atoms with van der Waals surface area (Å²) in [4.78, 5) is 26.5. The van der Waals surface area contributed by atoms with E-state index in [1.165, 1.54) is 25.7 Å². The Morgan fingerprint density at radius 1 is 1.00 bits per heavy atom. The van der Waals surface area contributed by atoms with Gasteiger partial charge < -0.3 is 15.1 Å². The highest BCUT2D eigenvalue weighted by atomic mass is 16.1. The van der Waals surface area contributed by atoms with E-state index < -0.39 is 0 Å². The van der Waals surface area contributed by atoms with Gasteiger partial charge in [0.05, 0.1) is 18.6 Å². The summed E-state index contributed by atoms with van der Waals surface area (Å²) in [6, 6.07) is 17.4. The lowest BCUT2D eigenvalue weighted by molar-refractivity contribution is 0.103. The molecule has 152 valence electrons. The molecule has 0 unspecified atom stereocenters. The number of nitrogens with zero attached hydrogens (tertiary/aromatic N) is 4. The number of ketones is 1. The van der Waals surface area contributed by atoms with E-state index in [9.17, 15) is 4.79 Å². The Balaban J connectivity index is 1.34. The third-order valence-electron chi connectivity index (χ3n) is 6.00. The lowest BCUT2D eigenvalue weighted by Crippen LogP contribution is -2.36. The summed E-state index contributed by atoms with van der Waals surface area (Å²) in [6.45, 7) is 0.869. The number of fused-ring (bicyclic) bond motifs is 1. The quantitative estimate of drug-likeness (QED) is 0.633. The minimum Gasteiger partial charge on any atom is -0.353 e. The van der Waals surface area contributed by atoms with E-state index in [4.69, 9.17) is 4.98 Å². The van der Waals surface area contributed by atoms with E-state index in [1.54, 1.807) is 0 Å². The third-order valence-corrected chi connectivity index (χ3v) is 6.00. The van der Waals surface area contributed by atoms with Crippen LogP contribution in [0.2, 0.25) is 0 Å². The molecule has 0 saturated heterocycles. The maximum absolute atomic E-state index is 12.6. The zero-order valence-corrected chi connectivity index (χ0v) is 17.1. The highest BCUT2D eigenvalue weighted by Crippen LogP contribution is 2.38. The molecule has 5 rings (SSSR count). The number of nitrogens with one attached hydrogen (secondary N) is 1. The van der Waals surface area contributed by atoms with Crippen molar-refractivity contribution >= 4 is 28.9 Å². The van der Waals surface area contributed by atoms with Gasteiger partial charge >= 0.3 is 0 Å². The second-order valence-electron chi connectivity index (χ2n) is 8.05. The molecule has 0 bridgehead atoms. The average molecular weight is 399 g/mol. The molecule has 0 radical (unpaired) electrons. The van der Waals surface area contributed by atoms with Crippen LogP contribution in [0.15, 0.2) is 60.8 Å². The van der Waals surface area contributed by atoms with E-state index in [-0.39, 0.29) is 5.78 Å². The van der Waals surface area contributed by atoms with Crippen LogP contribution in [-0.4, -0.2) is 35.5 Å². The van der Waals surface area contributed by atoms with Gasteiger partial charge in [-0.3, -0.25) is 4.79 Å². The van der Waals surface area contributed by atoms with Crippen molar-refractivity contribution in [2.45, 2.75) is 31.7 Å². The molecule has 1 aliphatic carbocycles. The molecule has 2 heterocycles. The number of benzene rings is 2. The molecule has 0 atom stereocenters. The molecule has 2 aromatic carbocycles. The van der Waals surface area contributed by atoms with E-state index in [0.29, 0.717) is 23.1 Å². The Labute approximate surface area is 176 Å². The number of carbonyl (C=O) groups is 1. The van der Waals surface area contributed by atoms with Crippen LogP contribution in [0, 0.1) is 0 Å². The first kappa shape index (κ1) is 18.6. The summed E-state index contributed by atoms with van der Waals surface area (Å²) in [5, 5.41) is 3.29. The van der Waals surface area contributed by atoms with Gasteiger partial charge in [-0.2, -0.15) is 4.98 Å². The Morgan fingerprint density at radius 3 is 2.43 bits per heavy atom. The summed E-state index contributed by atoms with van der Waals surface area (Å²) in [6.07, 6.45) is 6.95. The van der Waals surface area contributed by atoms with Gasteiger partial charge in [-0.05, 0) is 37.1 Å². The maximum atomic E-state index is 12.6. The molecule has 2 aliphatic rings. The topological polar surface area (TPSA) is 61.4 Å². The zero-order valence-electron chi connectivity index (χ0n) is 17.1. The minimum atomic E-state index is 0.0196. The van der Waals surface area contributed by atoms with Gasteiger partial charge in [-0.1, -0.05) is 43.2 Å². The van der Waals surface area contributed by atoms with E-state index in [1.807, 2.05) is 60.8 Å². The second kappa shape index (κ2) is 7.78. The Hall–Kier alpha value is -3.41. The molecule has 0 spiro atoms. The third kappa shape index (κ3) is 3.49. The smallest absolute Gasteiger partial charge is 0.229 e. The lowest BCUT2D eigenvalue weighted by atomic mass is 10.0. The highest BCUT2D eigenvalue weighted by Gasteiger charge is 2.32. The van der Waals surface area contributed by atoms with Crippen molar-refractivity contribution in [2.24, 2.45) is 0 Å². The van der Waals surface area contributed by atoms with Crippen molar-refractivity contribution in [2.75, 3.05) is 28.8 Å². The summed E-state index contributed by atoms with van der Waals surface area (Å²) < 4.78 is 0. The molecule has 1 N–H and O–H groups in total. The van der Waals surface area contributed by atoms with Crippen molar-refractivity contribution in [3.05, 3.63) is 71.9 Å². The van der Waals surface area contributed by atoms with Crippen LogP contribution in [0.4, 0.5) is 23.1 Å². The second-order valence-corrected chi connectivity index (χ2v) is 8.05. The number of rotatable bonds is 5. The van der Waals surface area contributed by atoms with Gasteiger partial charge in [-0.25, -0.2) is 4.98 Å². The summed E-state index contributed by atoms with van der Waals surface area (Å²) in [5.41, 5.74) is 3.29. The Kier molecular flexibility index (Phi) is 4.83. The number of anilines is 4. The molecule has 6 nitrogen and oxygen atoms in total. The molecule has 1 aromatic heterocycles. The molecular weight excluding hydrogens is 374 g/mol. The fourth-order valence-electron chi connectivity index (χ4n) is 4.37. The minimum absolute atomic E-state index is 0.0196. The van der Waals surface area contributed by atoms with Crippen LogP contribution < -0.4 is 15.1 Å². The fraction of sp³-hybridized carbons (Fsp3) is 0.292. The standard InChI is InChI=1S/C24H25N5O/c1-28-16-29(20-9-5-6-10-20)23-21(28)15-25-24(27-23)26-19-13-11-18(12-14-19)22(30)17-7-3-2-4-8-17/h2-4,7-8,11-15,20H,5-6,9-10,16H2,1H3,(H,25,26,27). The maximum Gasteiger partial charge on any atom is 0.229 e. The Bertz CT molecular complexity index is 1040. The van der Waals surface area contributed by atoms with Crippen molar-refractivity contribution in [1.82, 2.24) is 9.97 Å². The van der Waals surface area contributed by atoms with Crippen LogP contribution in [0.5, 0.6) is 0 Å². The van der Waals surface area contributed by atoms with Gasteiger partial charge in [0.2, 0.25) is 5.95 Å². The molecular formula is C24H25N5O.